The summed E-state index contributed by atoms with van der Waals surface area (Å²) in [4.78, 5) is 12.6. The van der Waals surface area contributed by atoms with Crippen LogP contribution in [-0.4, -0.2) is 18.7 Å². The van der Waals surface area contributed by atoms with Gasteiger partial charge in [0.2, 0.25) is 12.7 Å². The van der Waals surface area contributed by atoms with Crippen molar-refractivity contribution in [1.82, 2.24) is 10.6 Å². The van der Waals surface area contributed by atoms with Crippen molar-refractivity contribution in [3.8, 4) is 11.5 Å². The molecule has 0 spiro atoms. The van der Waals surface area contributed by atoms with Gasteiger partial charge in [0.05, 0.1) is 12.1 Å². The van der Waals surface area contributed by atoms with Crippen molar-refractivity contribution in [3.05, 3.63) is 59.2 Å². The molecule has 1 aliphatic carbocycles. The highest BCUT2D eigenvalue weighted by molar-refractivity contribution is 5.81. The number of carbonyl (C=O) groups excluding carboxylic acids is 1. The molecule has 5 heteroatoms. The number of benzene rings is 2. The molecular weight excluding hydrogens is 328 g/mol. The Labute approximate surface area is 153 Å². The predicted molar refractivity (Wildman–Crippen MR) is 99.1 cm³/mol. The molecule has 0 saturated heterocycles. The van der Waals surface area contributed by atoms with Crippen molar-refractivity contribution >= 4 is 5.91 Å². The molecule has 2 atom stereocenters. The lowest BCUT2D eigenvalue weighted by molar-refractivity contribution is -0.123. The van der Waals surface area contributed by atoms with Crippen LogP contribution in [-0.2, 0) is 17.8 Å². The second-order valence-corrected chi connectivity index (χ2v) is 6.94. The Morgan fingerprint density at radius 2 is 2.04 bits per heavy atom. The summed E-state index contributed by atoms with van der Waals surface area (Å²) >= 11 is 0. The Bertz CT molecular complexity index is 806. The van der Waals surface area contributed by atoms with Gasteiger partial charge in [-0.15, -0.1) is 0 Å². The van der Waals surface area contributed by atoms with Gasteiger partial charge in [-0.05, 0) is 55.0 Å². The maximum atomic E-state index is 12.6. The molecule has 4 rings (SSSR count). The van der Waals surface area contributed by atoms with Gasteiger partial charge >= 0.3 is 0 Å². The van der Waals surface area contributed by atoms with Crippen LogP contribution < -0.4 is 20.1 Å². The Hall–Kier alpha value is -2.53. The standard InChI is InChI=1S/C21H24N2O3/c1-14(22-12-15-9-10-19-20(11-15)26-13-25-19)21(24)23-18-8-4-6-16-5-2-3-7-17(16)18/h2-3,5,7,9-11,14,18,22H,4,6,8,12-13H2,1H3,(H,23,24)/t14-,18+/m0/s1. The van der Waals surface area contributed by atoms with Gasteiger partial charge in [0, 0.05) is 6.54 Å². The first-order valence-corrected chi connectivity index (χ1v) is 9.21. The molecule has 5 nitrogen and oxygen atoms in total. The smallest absolute Gasteiger partial charge is 0.237 e. The molecule has 0 aromatic heterocycles. The van der Waals surface area contributed by atoms with E-state index in [9.17, 15) is 4.79 Å². The fourth-order valence-corrected chi connectivity index (χ4v) is 3.62. The van der Waals surface area contributed by atoms with E-state index >= 15 is 0 Å². The van der Waals surface area contributed by atoms with Crippen LogP contribution in [0.1, 0.15) is 42.5 Å². The van der Waals surface area contributed by atoms with E-state index in [-0.39, 0.29) is 24.8 Å². The molecule has 2 N–H and O–H groups in total. The molecule has 1 amide bonds. The van der Waals surface area contributed by atoms with Crippen LogP contribution in [0.3, 0.4) is 0 Å². The highest BCUT2D eigenvalue weighted by atomic mass is 16.7. The molecule has 2 aromatic carbocycles. The van der Waals surface area contributed by atoms with Gasteiger partial charge < -0.3 is 20.1 Å². The molecule has 0 unspecified atom stereocenters. The maximum Gasteiger partial charge on any atom is 0.237 e. The zero-order valence-corrected chi connectivity index (χ0v) is 15.0. The maximum absolute atomic E-state index is 12.6. The Balaban J connectivity index is 1.34. The number of hydrogen-bond acceptors (Lipinski definition) is 4. The molecule has 1 heterocycles. The van der Waals surface area contributed by atoms with Gasteiger partial charge in [0.1, 0.15) is 0 Å². The van der Waals surface area contributed by atoms with E-state index in [0.29, 0.717) is 6.54 Å². The van der Waals surface area contributed by atoms with E-state index in [1.54, 1.807) is 0 Å². The molecule has 0 bridgehead atoms. The number of aryl methyl sites for hydroxylation is 1. The number of hydrogen-bond donors (Lipinski definition) is 2. The summed E-state index contributed by atoms with van der Waals surface area (Å²) in [5.74, 6) is 1.57. The number of carbonyl (C=O) groups is 1. The summed E-state index contributed by atoms with van der Waals surface area (Å²) in [5, 5.41) is 6.50. The number of ether oxygens (including phenoxy) is 2. The highest BCUT2D eigenvalue weighted by Gasteiger charge is 2.23. The van der Waals surface area contributed by atoms with Gasteiger partial charge in [-0.3, -0.25) is 4.79 Å². The van der Waals surface area contributed by atoms with E-state index < -0.39 is 0 Å². The summed E-state index contributed by atoms with van der Waals surface area (Å²) in [6.45, 7) is 2.78. The number of amides is 1. The minimum absolute atomic E-state index is 0.0347. The number of fused-ring (bicyclic) bond motifs is 2. The molecule has 0 radical (unpaired) electrons. The first kappa shape index (κ1) is 16.9. The molecule has 136 valence electrons. The SMILES string of the molecule is C[C@H](NCc1ccc2c(c1)OCO2)C(=O)N[C@@H]1CCCc2ccccc21. The van der Waals surface area contributed by atoms with E-state index in [1.807, 2.05) is 31.2 Å². The Kier molecular flexibility index (Phi) is 4.80. The number of rotatable bonds is 5. The lowest BCUT2D eigenvalue weighted by atomic mass is 9.87. The van der Waals surface area contributed by atoms with E-state index in [0.717, 1.165) is 36.3 Å². The van der Waals surface area contributed by atoms with E-state index in [4.69, 9.17) is 9.47 Å². The highest BCUT2D eigenvalue weighted by Crippen LogP contribution is 2.32. The molecule has 26 heavy (non-hydrogen) atoms. The van der Waals surface area contributed by atoms with Gasteiger partial charge in [0.25, 0.3) is 0 Å². The minimum atomic E-state index is -0.269. The van der Waals surface area contributed by atoms with Crippen LogP contribution in [0.5, 0.6) is 11.5 Å². The monoisotopic (exact) mass is 352 g/mol. The summed E-state index contributed by atoms with van der Waals surface area (Å²) < 4.78 is 10.7. The summed E-state index contributed by atoms with van der Waals surface area (Å²) in [6.07, 6.45) is 3.21. The minimum Gasteiger partial charge on any atom is -0.454 e. The summed E-state index contributed by atoms with van der Waals surface area (Å²) in [6, 6.07) is 14.1. The van der Waals surface area contributed by atoms with Crippen LogP contribution in [0.4, 0.5) is 0 Å². The molecular formula is C21H24N2O3. The molecule has 0 saturated carbocycles. The third kappa shape index (κ3) is 3.53. The van der Waals surface area contributed by atoms with Crippen molar-refractivity contribution < 1.29 is 14.3 Å². The van der Waals surface area contributed by atoms with Crippen LogP contribution in [0.25, 0.3) is 0 Å². The molecule has 2 aromatic rings. The Morgan fingerprint density at radius 3 is 2.96 bits per heavy atom. The molecule has 1 aliphatic heterocycles. The topological polar surface area (TPSA) is 59.6 Å². The largest absolute Gasteiger partial charge is 0.454 e. The van der Waals surface area contributed by atoms with Crippen molar-refractivity contribution in [2.75, 3.05) is 6.79 Å². The molecule has 0 fully saturated rings. The van der Waals surface area contributed by atoms with E-state index in [2.05, 4.69) is 28.8 Å². The summed E-state index contributed by atoms with van der Waals surface area (Å²) in [5.41, 5.74) is 3.68. The summed E-state index contributed by atoms with van der Waals surface area (Å²) in [7, 11) is 0. The van der Waals surface area contributed by atoms with E-state index in [1.165, 1.54) is 11.1 Å². The first-order valence-electron chi connectivity index (χ1n) is 9.21. The second kappa shape index (κ2) is 7.38. The normalized spacial score (nSPS) is 18.9. The average molecular weight is 352 g/mol. The number of nitrogens with one attached hydrogen (secondary N) is 2. The zero-order chi connectivity index (χ0) is 17.9. The third-order valence-corrected chi connectivity index (χ3v) is 5.13. The first-order chi connectivity index (χ1) is 12.7. The molecule has 2 aliphatic rings. The fourth-order valence-electron chi connectivity index (χ4n) is 3.62. The van der Waals surface area contributed by atoms with Crippen LogP contribution >= 0.6 is 0 Å². The van der Waals surface area contributed by atoms with Gasteiger partial charge in [0.15, 0.2) is 11.5 Å². The lowest BCUT2D eigenvalue weighted by Gasteiger charge is -2.27. The average Bonchev–Trinajstić information content (AvgIpc) is 3.14. The van der Waals surface area contributed by atoms with Crippen molar-refractivity contribution in [3.63, 3.8) is 0 Å². The van der Waals surface area contributed by atoms with Gasteiger partial charge in [-0.25, -0.2) is 0 Å². The fraction of sp³-hybridized carbons (Fsp3) is 0.381. The predicted octanol–water partition coefficient (Wildman–Crippen LogP) is 3.09. The quantitative estimate of drug-likeness (QED) is 0.868. The zero-order valence-electron chi connectivity index (χ0n) is 15.0. The Morgan fingerprint density at radius 1 is 1.19 bits per heavy atom. The van der Waals surface area contributed by atoms with Crippen LogP contribution in [0.15, 0.2) is 42.5 Å². The van der Waals surface area contributed by atoms with Gasteiger partial charge in [-0.2, -0.15) is 0 Å². The van der Waals surface area contributed by atoms with Crippen molar-refractivity contribution in [2.45, 2.75) is 44.8 Å². The van der Waals surface area contributed by atoms with Gasteiger partial charge in [-0.1, -0.05) is 30.3 Å². The van der Waals surface area contributed by atoms with Crippen LogP contribution in [0.2, 0.25) is 0 Å². The third-order valence-electron chi connectivity index (χ3n) is 5.13. The van der Waals surface area contributed by atoms with Crippen LogP contribution in [0, 0.1) is 0 Å². The van der Waals surface area contributed by atoms with Crippen molar-refractivity contribution in [1.29, 1.82) is 0 Å². The second-order valence-electron chi connectivity index (χ2n) is 6.94. The lowest BCUT2D eigenvalue weighted by Crippen LogP contribution is -2.43. The van der Waals surface area contributed by atoms with Crippen molar-refractivity contribution in [2.24, 2.45) is 0 Å².